The molecule has 0 amide bonds. The van der Waals surface area contributed by atoms with Crippen molar-refractivity contribution < 1.29 is 56.7 Å². The minimum atomic E-state index is -1.45. The van der Waals surface area contributed by atoms with Crippen molar-refractivity contribution in [3.05, 3.63) is 105 Å². The minimum absolute atomic E-state index is 0. The molecule has 0 spiro atoms. The molecule has 0 aliphatic heterocycles. The monoisotopic (exact) mass is 1310 g/mol. The van der Waals surface area contributed by atoms with Crippen LogP contribution in [0.2, 0.25) is 0 Å². The van der Waals surface area contributed by atoms with Gasteiger partial charge in [-0.15, -0.1) is 11.8 Å². The summed E-state index contributed by atoms with van der Waals surface area (Å²) in [4.78, 5) is 32.9. The molecule has 0 atom stereocenters. The zero-order valence-corrected chi connectivity index (χ0v) is 60.0. The topological polar surface area (TPSA) is 186 Å². The van der Waals surface area contributed by atoms with Crippen molar-refractivity contribution in [1.82, 2.24) is 0 Å². The molecule has 0 unspecified atom stereocenters. The molecular weight excluding hydrogens is 1190 g/mol. The molecule has 0 heterocycles. The molecule has 0 bridgehead atoms. The van der Waals surface area contributed by atoms with Crippen LogP contribution in [0.15, 0.2) is 64.6 Å². The Hall–Kier alpha value is -5.59. The van der Waals surface area contributed by atoms with Gasteiger partial charge < -0.3 is 40.2 Å². The third kappa shape index (κ3) is 34.0. The Balaban J connectivity index is 0.000000920. The van der Waals surface area contributed by atoms with Crippen LogP contribution in [0.3, 0.4) is 0 Å². The largest absolute Gasteiger partial charge is 2.00 e. The van der Waals surface area contributed by atoms with Gasteiger partial charge in [-0.25, -0.2) is 0 Å². The smallest absolute Gasteiger partial charge is 0.545 e. The molecule has 0 aliphatic carbocycles. The summed E-state index contributed by atoms with van der Waals surface area (Å²) >= 11 is 0. The van der Waals surface area contributed by atoms with Gasteiger partial charge in [-0.2, -0.15) is 0 Å². The van der Waals surface area contributed by atoms with E-state index < -0.39 is 34.9 Å². The number of aromatic hydroxyl groups is 4. The number of para-hydroxylation sites is 1. The van der Waals surface area contributed by atoms with Crippen molar-refractivity contribution in [3.63, 3.8) is 0 Å². The summed E-state index contributed by atoms with van der Waals surface area (Å²) in [7, 11) is 0. The van der Waals surface area contributed by atoms with E-state index in [4.69, 9.17) is 9.98 Å². The number of aromatic carboxylic acids is 2. The van der Waals surface area contributed by atoms with E-state index in [-0.39, 0.29) is 27.6 Å². The number of carboxylic acid groups (broad SMARTS) is 2. The molecule has 11 heteroatoms. The Morgan fingerprint density at radius 3 is 1.21 bits per heavy atom. The number of rotatable bonds is 46. The van der Waals surface area contributed by atoms with Crippen LogP contribution in [0.25, 0.3) is 0 Å². The SMILES string of the molecule is CCCCCCCCCCCCCCCCCCCCCC#CCCc1ccccc1N=C(CCCCCC)C(CCCC)=Nc1ccc(CC)c(CC)c1.CCCCCc1cc(O)c(O)c(C(=O)[O-])c1CC.CCCCCc1cc(O)c(O)c(C(=O)[O-])c1CC.[Ni+2]. The first-order valence-electron chi connectivity index (χ1n) is 36.6. The van der Waals surface area contributed by atoms with Crippen molar-refractivity contribution in [1.29, 1.82) is 0 Å². The first-order valence-corrected chi connectivity index (χ1v) is 36.6. The van der Waals surface area contributed by atoms with Crippen LogP contribution in [0.1, 0.15) is 347 Å². The van der Waals surface area contributed by atoms with Gasteiger partial charge >= 0.3 is 16.5 Å². The molecule has 0 saturated carbocycles. The molecule has 0 aliphatic rings. The number of carbonyl (C=O) groups excluding carboxylic acids is 2. The Morgan fingerprint density at radius 1 is 0.380 bits per heavy atom. The van der Waals surface area contributed by atoms with Crippen molar-refractivity contribution >= 4 is 34.7 Å². The minimum Gasteiger partial charge on any atom is -0.545 e. The fourth-order valence-corrected chi connectivity index (χ4v) is 12.1. The van der Waals surface area contributed by atoms with Crippen LogP contribution in [0.5, 0.6) is 23.0 Å². The number of benzene rings is 4. The summed E-state index contributed by atoms with van der Waals surface area (Å²) in [5.74, 6) is 2.14. The number of phenolic OH excluding ortho intramolecular Hbond substituents is 2. The van der Waals surface area contributed by atoms with Gasteiger partial charge in [0.15, 0.2) is 23.0 Å². The molecule has 0 aromatic heterocycles. The number of unbranched alkanes of at least 4 members (excludes halogenated alkanes) is 27. The van der Waals surface area contributed by atoms with Crippen LogP contribution in [0.4, 0.5) is 11.4 Å². The van der Waals surface area contributed by atoms with Gasteiger partial charge in [0.2, 0.25) is 0 Å². The maximum Gasteiger partial charge on any atom is 2.00 e. The van der Waals surface area contributed by atoms with E-state index in [1.54, 1.807) is 0 Å². The third-order valence-corrected chi connectivity index (χ3v) is 17.6. The molecule has 0 fully saturated rings. The summed E-state index contributed by atoms with van der Waals surface area (Å²) in [5, 5.41) is 60.4. The average Bonchev–Trinajstić information content (AvgIpc) is 0.912. The van der Waals surface area contributed by atoms with E-state index in [0.717, 1.165) is 119 Å². The molecule has 10 nitrogen and oxygen atoms in total. The van der Waals surface area contributed by atoms with Crippen molar-refractivity contribution in [2.75, 3.05) is 0 Å². The quantitative estimate of drug-likeness (QED) is 0.0111. The Labute approximate surface area is 569 Å². The molecule has 4 rings (SSSR count). The molecule has 4 aromatic rings. The maximum atomic E-state index is 11.1. The maximum absolute atomic E-state index is 11.1. The second kappa shape index (κ2) is 53.7. The summed E-state index contributed by atoms with van der Waals surface area (Å²) in [6.07, 6.45) is 49.7. The van der Waals surface area contributed by atoms with Crippen LogP contribution in [0, 0.1) is 11.8 Å². The number of carbonyl (C=O) groups is 2. The third-order valence-electron chi connectivity index (χ3n) is 17.6. The molecular formula is C81H124N2NiO8. The second-order valence-corrected chi connectivity index (χ2v) is 25.0. The van der Waals surface area contributed by atoms with Crippen molar-refractivity contribution in [3.8, 4) is 34.8 Å². The number of nitrogens with zero attached hydrogens (tertiary/aromatic N) is 2. The van der Waals surface area contributed by atoms with E-state index in [2.05, 4.69) is 103 Å². The molecule has 92 heavy (non-hydrogen) atoms. The first-order chi connectivity index (χ1) is 44.2. The van der Waals surface area contributed by atoms with Gasteiger partial charge in [0.05, 0.1) is 34.7 Å². The molecule has 0 radical (unpaired) electrons. The van der Waals surface area contributed by atoms with Crippen LogP contribution < -0.4 is 10.2 Å². The first kappa shape index (κ1) is 84.4. The van der Waals surface area contributed by atoms with E-state index in [9.17, 15) is 40.2 Å². The van der Waals surface area contributed by atoms with E-state index >= 15 is 0 Å². The van der Waals surface area contributed by atoms with Gasteiger partial charge in [0.25, 0.3) is 0 Å². The number of carboxylic acids is 2. The molecule has 4 aromatic carbocycles. The average molecular weight is 1310 g/mol. The summed E-state index contributed by atoms with van der Waals surface area (Å²) in [5.41, 5.74) is 10.8. The number of phenols is 4. The predicted molar refractivity (Wildman–Crippen MR) is 382 cm³/mol. The normalized spacial score (nSPS) is 11.3. The number of aryl methyl sites for hydroxylation is 5. The Bertz CT molecular complexity index is 2690. The van der Waals surface area contributed by atoms with E-state index in [1.165, 1.54) is 188 Å². The van der Waals surface area contributed by atoms with Gasteiger partial charge in [0, 0.05) is 24.0 Å². The second-order valence-electron chi connectivity index (χ2n) is 25.0. The number of hydrogen-bond acceptors (Lipinski definition) is 10. The molecule has 0 saturated heterocycles. The summed E-state index contributed by atoms with van der Waals surface area (Å²) < 4.78 is 0. The van der Waals surface area contributed by atoms with Crippen LogP contribution in [-0.2, 0) is 61.4 Å². The van der Waals surface area contributed by atoms with Crippen LogP contribution >= 0.6 is 0 Å². The summed E-state index contributed by atoms with van der Waals surface area (Å²) in [6.45, 7) is 19.2. The van der Waals surface area contributed by atoms with Crippen molar-refractivity contribution in [2.24, 2.45) is 9.98 Å². The van der Waals surface area contributed by atoms with Gasteiger partial charge in [-0.1, -0.05) is 254 Å². The predicted octanol–water partition coefficient (Wildman–Crippen LogP) is 21.1. The summed E-state index contributed by atoms with van der Waals surface area (Å²) in [6, 6.07) is 18.5. The van der Waals surface area contributed by atoms with E-state index in [1.807, 2.05) is 13.8 Å². The van der Waals surface area contributed by atoms with Gasteiger partial charge in [-0.3, -0.25) is 9.98 Å². The number of aliphatic imine (C=N–C) groups is 2. The van der Waals surface area contributed by atoms with Gasteiger partial charge in [0.1, 0.15) is 0 Å². The standard InChI is InChI=1S/C53H86N2.2C14H20O4.Ni/c1-6-11-14-16-17-18-19-20-21-22-23-24-25-26-27-28-29-30-31-32-33-34-35-39-49-40-37-38-42-51(49)55-53(43-36-15-12-7-2)52(41-13-8-3)54-50-45-44-47(9-4)48(10-5)46-50;2*1-3-5-6-7-9-8-11(15)13(16)12(14(17)18)10(9)4-2;/h37-38,40,42,44-46H,6-32,35-36,39,41,43H2,1-5H3;2*8,15-16H,3-7H2,1-2H3,(H,17,18);/q;;;+2/p-2. The Kier molecular flexibility index (Phi) is 49.3. The zero-order chi connectivity index (χ0) is 66.9. The van der Waals surface area contributed by atoms with E-state index in [0.29, 0.717) is 36.8 Å². The fraction of sp³-hybridized carbons (Fsp3) is 0.630. The van der Waals surface area contributed by atoms with Crippen molar-refractivity contribution in [2.45, 2.75) is 332 Å². The number of hydrogen-bond donors (Lipinski definition) is 4. The molecule has 4 N–H and O–H groups in total. The molecule has 516 valence electrons. The zero-order valence-electron chi connectivity index (χ0n) is 59.0. The fourth-order valence-electron chi connectivity index (χ4n) is 12.1. The van der Waals surface area contributed by atoms with Crippen LogP contribution in [-0.4, -0.2) is 43.8 Å². The Morgan fingerprint density at radius 2 is 0.772 bits per heavy atom. The van der Waals surface area contributed by atoms with Gasteiger partial charge in [-0.05, 0) is 159 Å².